The molecule has 0 aliphatic carbocycles. The fourth-order valence-electron chi connectivity index (χ4n) is 1.48. The summed E-state index contributed by atoms with van der Waals surface area (Å²) in [5, 5.41) is 13.0. The minimum absolute atomic E-state index is 0.152. The van der Waals surface area contributed by atoms with Crippen molar-refractivity contribution in [3.8, 4) is 0 Å². The van der Waals surface area contributed by atoms with Crippen molar-refractivity contribution in [2.75, 3.05) is 6.26 Å². The fourth-order valence-corrected chi connectivity index (χ4v) is 1.92. The molecule has 0 bridgehead atoms. The van der Waals surface area contributed by atoms with E-state index in [0.29, 0.717) is 5.56 Å². The highest BCUT2D eigenvalue weighted by atomic mass is 32.2. The minimum atomic E-state index is -0.992. The molecule has 0 heterocycles. The van der Waals surface area contributed by atoms with Crippen LogP contribution in [0.25, 0.3) is 0 Å². The van der Waals surface area contributed by atoms with Gasteiger partial charge in [-0.25, -0.2) is 0 Å². The van der Waals surface area contributed by atoms with Crippen LogP contribution >= 0.6 is 11.8 Å². The van der Waals surface area contributed by atoms with E-state index in [2.05, 4.69) is 5.32 Å². The lowest BCUT2D eigenvalue weighted by molar-refractivity contribution is -0.00294. The molecule has 1 amide bonds. The molecule has 2 N–H and O–H groups in total. The van der Waals surface area contributed by atoms with Gasteiger partial charge in [-0.2, -0.15) is 0 Å². The summed E-state index contributed by atoms with van der Waals surface area (Å²) >= 11 is 1.60. The van der Waals surface area contributed by atoms with Crippen molar-refractivity contribution in [3.05, 3.63) is 29.3 Å². The highest BCUT2D eigenvalue weighted by Gasteiger charge is 2.36. The van der Waals surface area contributed by atoms with Gasteiger partial charge in [0.05, 0.1) is 11.1 Å². The average molecular weight is 281 g/mol. The van der Waals surface area contributed by atoms with Gasteiger partial charge in [0.2, 0.25) is 0 Å². The first-order chi connectivity index (χ1) is 8.58. The smallest absolute Gasteiger partial charge is 0.252 e. The van der Waals surface area contributed by atoms with Gasteiger partial charge < -0.3 is 10.4 Å². The highest BCUT2D eigenvalue weighted by Crippen LogP contribution is 2.23. The lowest BCUT2D eigenvalue weighted by Gasteiger charge is -2.38. The van der Waals surface area contributed by atoms with Crippen LogP contribution in [-0.4, -0.2) is 28.4 Å². The summed E-state index contributed by atoms with van der Waals surface area (Å²) in [4.78, 5) is 13.4. The van der Waals surface area contributed by atoms with E-state index in [1.165, 1.54) is 0 Å². The summed E-state index contributed by atoms with van der Waals surface area (Å²) in [7, 11) is 0. The Labute approximate surface area is 119 Å². The predicted octanol–water partition coefficient (Wildman–Crippen LogP) is 3.00. The van der Waals surface area contributed by atoms with Crippen LogP contribution in [0.15, 0.2) is 23.1 Å². The summed E-state index contributed by atoms with van der Waals surface area (Å²) in [6.07, 6.45) is 1.98. The molecule has 0 aliphatic heterocycles. The van der Waals surface area contributed by atoms with E-state index in [4.69, 9.17) is 0 Å². The zero-order chi connectivity index (χ0) is 14.8. The summed E-state index contributed by atoms with van der Waals surface area (Å²) in [6.45, 7) is 8.93. The second-order valence-corrected chi connectivity index (χ2v) is 6.70. The monoisotopic (exact) mass is 281 g/mol. The molecule has 106 valence electrons. The molecule has 1 rings (SSSR count). The molecular weight excluding hydrogens is 258 g/mol. The topological polar surface area (TPSA) is 49.3 Å². The number of nitrogens with one attached hydrogen (secondary N) is 1. The molecule has 0 saturated carbocycles. The zero-order valence-corrected chi connectivity index (χ0v) is 13.3. The summed E-state index contributed by atoms with van der Waals surface area (Å²) in [5.41, 5.74) is -0.106. The Kier molecular flexibility index (Phi) is 4.69. The van der Waals surface area contributed by atoms with Crippen molar-refractivity contribution in [1.29, 1.82) is 0 Å². The standard InChI is InChI=1S/C15H23NO2S/c1-10-7-8-11(19-6)9-12(10)13(17)16-14(2,3)15(4,5)18/h7-9,18H,1-6H3,(H,16,17). The number of aliphatic hydroxyl groups is 1. The Hall–Kier alpha value is -1.00. The highest BCUT2D eigenvalue weighted by molar-refractivity contribution is 7.98. The van der Waals surface area contributed by atoms with Crippen LogP contribution < -0.4 is 5.32 Å². The van der Waals surface area contributed by atoms with Gasteiger partial charge >= 0.3 is 0 Å². The molecular formula is C15H23NO2S. The first-order valence-electron chi connectivity index (χ1n) is 6.28. The van der Waals surface area contributed by atoms with Crippen LogP contribution in [-0.2, 0) is 0 Å². The van der Waals surface area contributed by atoms with E-state index in [1.54, 1.807) is 25.6 Å². The number of carbonyl (C=O) groups is 1. The van der Waals surface area contributed by atoms with E-state index in [-0.39, 0.29) is 5.91 Å². The molecule has 1 aromatic carbocycles. The maximum Gasteiger partial charge on any atom is 0.252 e. The maximum absolute atomic E-state index is 12.4. The molecule has 0 radical (unpaired) electrons. The molecule has 1 aromatic rings. The quantitative estimate of drug-likeness (QED) is 0.834. The van der Waals surface area contributed by atoms with E-state index >= 15 is 0 Å². The maximum atomic E-state index is 12.4. The number of benzene rings is 1. The number of aryl methyl sites for hydroxylation is 1. The third-order valence-electron chi connectivity index (χ3n) is 3.64. The van der Waals surface area contributed by atoms with Crippen LogP contribution in [0.1, 0.15) is 43.6 Å². The molecule has 0 fully saturated rings. The van der Waals surface area contributed by atoms with Crippen LogP contribution in [0.2, 0.25) is 0 Å². The first kappa shape index (κ1) is 16.1. The van der Waals surface area contributed by atoms with E-state index in [9.17, 15) is 9.90 Å². The summed E-state index contributed by atoms with van der Waals surface area (Å²) in [5.74, 6) is -0.152. The second-order valence-electron chi connectivity index (χ2n) is 5.82. The third kappa shape index (κ3) is 3.74. The second kappa shape index (κ2) is 5.55. The van der Waals surface area contributed by atoms with Gasteiger partial charge in [-0.3, -0.25) is 4.79 Å². The molecule has 0 atom stereocenters. The first-order valence-corrected chi connectivity index (χ1v) is 7.50. The molecule has 0 saturated heterocycles. The Balaban J connectivity index is 3.02. The SMILES string of the molecule is CSc1ccc(C)c(C(=O)NC(C)(C)C(C)(C)O)c1. The Morgan fingerprint density at radius 3 is 2.32 bits per heavy atom. The van der Waals surface area contributed by atoms with E-state index < -0.39 is 11.1 Å². The van der Waals surface area contributed by atoms with Crippen molar-refractivity contribution in [1.82, 2.24) is 5.32 Å². The Morgan fingerprint density at radius 2 is 1.84 bits per heavy atom. The lowest BCUT2D eigenvalue weighted by Crippen LogP contribution is -2.57. The average Bonchev–Trinajstić information content (AvgIpc) is 2.27. The normalized spacial score (nSPS) is 12.4. The van der Waals surface area contributed by atoms with E-state index in [1.807, 2.05) is 45.2 Å². The van der Waals surface area contributed by atoms with Gasteiger partial charge in [0.25, 0.3) is 5.91 Å². The summed E-state index contributed by atoms with van der Waals surface area (Å²) < 4.78 is 0. The molecule has 0 aromatic heterocycles. The minimum Gasteiger partial charge on any atom is -0.388 e. The number of thioether (sulfide) groups is 1. The largest absolute Gasteiger partial charge is 0.388 e. The number of carbonyl (C=O) groups excluding carboxylic acids is 1. The Morgan fingerprint density at radius 1 is 1.26 bits per heavy atom. The third-order valence-corrected chi connectivity index (χ3v) is 4.37. The molecule has 0 aliphatic rings. The number of hydrogen-bond donors (Lipinski definition) is 2. The molecule has 3 nitrogen and oxygen atoms in total. The number of hydrogen-bond acceptors (Lipinski definition) is 3. The molecule has 0 spiro atoms. The lowest BCUT2D eigenvalue weighted by atomic mass is 9.85. The van der Waals surface area contributed by atoms with Crippen LogP contribution in [0.4, 0.5) is 0 Å². The van der Waals surface area contributed by atoms with Crippen molar-refractivity contribution >= 4 is 17.7 Å². The predicted molar refractivity (Wildman–Crippen MR) is 80.8 cm³/mol. The van der Waals surface area contributed by atoms with Gasteiger partial charge in [-0.1, -0.05) is 6.07 Å². The number of amides is 1. The van der Waals surface area contributed by atoms with Crippen molar-refractivity contribution < 1.29 is 9.90 Å². The van der Waals surface area contributed by atoms with Gasteiger partial charge in [-0.15, -0.1) is 11.8 Å². The van der Waals surface area contributed by atoms with Crippen molar-refractivity contribution in [2.45, 2.75) is 50.7 Å². The summed E-state index contributed by atoms with van der Waals surface area (Å²) in [6, 6.07) is 5.82. The molecule has 19 heavy (non-hydrogen) atoms. The Bertz CT molecular complexity index is 476. The van der Waals surface area contributed by atoms with Crippen LogP contribution in [0.5, 0.6) is 0 Å². The van der Waals surface area contributed by atoms with Crippen molar-refractivity contribution in [3.63, 3.8) is 0 Å². The van der Waals surface area contributed by atoms with Gasteiger partial charge in [0.1, 0.15) is 0 Å². The zero-order valence-electron chi connectivity index (χ0n) is 12.5. The van der Waals surface area contributed by atoms with Gasteiger partial charge in [0.15, 0.2) is 0 Å². The van der Waals surface area contributed by atoms with Gasteiger partial charge in [0, 0.05) is 10.5 Å². The molecule has 4 heteroatoms. The van der Waals surface area contributed by atoms with Gasteiger partial charge in [-0.05, 0) is 58.6 Å². The van der Waals surface area contributed by atoms with Crippen LogP contribution in [0, 0.1) is 6.92 Å². The molecule has 0 unspecified atom stereocenters. The van der Waals surface area contributed by atoms with Crippen molar-refractivity contribution in [2.24, 2.45) is 0 Å². The van der Waals surface area contributed by atoms with E-state index in [0.717, 1.165) is 10.5 Å². The fraction of sp³-hybridized carbons (Fsp3) is 0.533. The number of rotatable bonds is 4. The van der Waals surface area contributed by atoms with Crippen LogP contribution in [0.3, 0.4) is 0 Å².